The largest absolute Gasteiger partial charge is 0.389 e. The van der Waals surface area contributed by atoms with Gasteiger partial charge in [0.1, 0.15) is 11.6 Å². The number of aromatic nitrogens is 5. The smallest absolute Gasteiger partial charge is 0.361 e. The average Bonchev–Trinajstić information content (AvgIpc) is 3.47. The molecule has 11 nitrogen and oxygen atoms in total. The number of halogens is 2. The second-order valence-electron chi connectivity index (χ2n) is 6.78. The van der Waals surface area contributed by atoms with E-state index in [2.05, 4.69) is 20.7 Å². The molecule has 0 radical (unpaired) electrons. The molecule has 0 bridgehead atoms. The SMILES string of the molecule is Cc1onc(C(=O)Nc2cnn(Cc3c(F)cccc3Cl)c2)c1Cn1ccc([N+](=O)[O-])n1. The first-order chi connectivity index (χ1) is 15.3. The Labute approximate surface area is 184 Å². The fourth-order valence-corrected chi connectivity index (χ4v) is 3.23. The molecule has 0 spiro atoms. The van der Waals surface area contributed by atoms with Gasteiger partial charge in [-0.25, -0.2) is 4.39 Å². The van der Waals surface area contributed by atoms with Crippen molar-refractivity contribution >= 4 is 29.0 Å². The molecule has 0 saturated carbocycles. The Morgan fingerprint density at radius 3 is 2.78 bits per heavy atom. The number of carbonyl (C=O) groups excluding carboxylic acids is 1. The van der Waals surface area contributed by atoms with Crippen LogP contribution in [-0.2, 0) is 13.1 Å². The van der Waals surface area contributed by atoms with Crippen LogP contribution in [0.5, 0.6) is 0 Å². The summed E-state index contributed by atoms with van der Waals surface area (Å²) < 4.78 is 21.9. The third kappa shape index (κ3) is 4.34. The molecule has 3 heterocycles. The number of nitro groups is 1. The quantitative estimate of drug-likeness (QED) is 0.330. The Morgan fingerprint density at radius 2 is 2.06 bits per heavy atom. The van der Waals surface area contributed by atoms with Crippen LogP contribution in [0.2, 0.25) is 5.02 Å². The van der Waals surface area contributed by atoms with Gasteiger partial charge < -0.3 is 20.0 Å². The molecular weight excluding hydrogens is 445 g/mol. The molecule has 1 N–H and O–H groups in total. The number of hydrogen-bond acceptors (Lipinski definition) is 7. The number of anilines is 1. The van der Waals surface area contributed by atoms with Gasteiger partial charge in [-0.3, -0.25) is 9.48 Å². The molecule has 164 valence electrons. The van der Waals surface area contributed by atoms with Gasteiger partial charge in [-0.1, -0.05) is 22.8 Å². The highest BCUT2D eigenvalue weighted by molar-refractivity contribution is 6.31. The maximum atomic E-state index is 14.0. The van der Waals surface area contributed by atoms with Gasteiger partial charge in [0.2, 0.25) is 0 Å². The van der Waals surface area contributed by atoms with E-state index in [1.165, 1.54) is 46.2 Å². The highest BCUT2D eigenvalue weighted by atomic mass is 35.5. The molecule has 0 atom stereocenters. The number of nitrogens with zero attached hydrogens (tertiary/aromatic N) is 6. The lowest BCUT2D eigenvalue weighted by atomic mass is 10.2. The van der Waals surface area contributed by atoms with E-state index in [-0.39, 0.29) is 35.2 Å². The Morgan fingerprint density at radius 1 is 1.28 bits per heavy atom. The molecule has 0 unspecified atom stereocenters. The van der Waals surface area contributed by atoms with Crippen LogP contribution >= 0.6 is 11.6 Å². The zero-order valence-electron chi connectivity index (χ0n) is 16.5. The standard InChI is InChI=1S/C19H15ClFN7O4/c1-11-13(9-26-6-5-17(24-26)28(30)31)18(25-32-11)19(29)23-12-7-22-27(8-12)10-14-15(20)3-2-4-16(14)21/h2-8H,9-10H2,1H3,(H,23,29). The van der Waals surface area contributed by atoms with Crippen LogP contribution in [0, 0.1) is 22.9 Å². The molecule has 0 fully saturated rings. The molecular formula is C19H15ClFN7O4. The van der Waals surface area contributed by atoms with Crippen molar-refractivity contribution < 1.29 is 18.6 Å². The minimum atomic E-state index is -0.614. The van der Waals surface area contributed by atoms with Crippen molar-refractivity contribution in [3.05, 3.63) is 86.4 Å². The molecule has 1 amide bonds. The minimum Gasteiger partial charge on any atom is -0.361 e. The molecule has 0 saturated heterocycles. The third-order valence-electron chi connectivity index (χ3n) is 4.61. The predicted octanol–water partition coefficient (Wildman–Crippen LogP) is 3.43. The van der Waals surface area contributed by atoms with Crippen LogP contribution < -0.4 is 5.32 Å². The van der Waals surface area contributed by atoms with Gasteiger partial charge in [0.15, 0.2) is 5.69 Å². The highest BCUT2D eigenvalue weighted by Gasteiger charge is 2.23. The molecule has 13 heteroatoms. The zero-order chi connectivity index (χ0) is 22.8. The number of benzene rings is 1. The number of carbonyl (C=O) groups is 1. The van der Waals surface area contributed by atoms with E-state index >= 15 is 0 Å². The minimum absolute atomic E-state index is 0.00514. The average molecular weight is 460 g/mol. The van der Waals surface area contributed by atoms with Crippen molar-refractivity contribution in [2.24, 2.45) is 0 Å². The van der Waals surface area contributed by atoms with E-state index in [0.717, 1.165) is 0 Å². The lowest BCUT2D eigenvalue weighted by Crippen LogP contribution is -2.15. The van der Waals surface area contributed by atoms with E-state index in [1.807, 2.05) is 0 Å². The highest BCUT2D eigenvalue weighted by Crippen LogP contribution is 2.21. The summed E-state index contributed by atoms with van der Waals surface area (Å²) >= 11 is 6.04. The van der Waals surface area contributed by atoms with Crippen LogP contribution in [0.25, 0.3) is 0 Å². The van der Waals surface area contributed by atoms with Crippen LogP contribution in [0.3, 0.4) is 0 Å². The van der Waals surface area contributed by atoms with Crippen molar-refractivity contribution in [2.45, 2.75) is 20.0 Å². The molecule has 3 aromatic heterocycles. The number of aryl methyl sites for hydroxylation is 1. The van der Waals surface area contributed by atoms with Crippen molar-refractivity contribution in [1.29, 1.82) is 0 Å². The summed E-state index contributed by atoms with van der Waals surface area (Å²) in [5.74, 6) is -0.965. The normalized spacial score (nSPS) is 11.0. The fourth-order valence-electron chi connectivity index (χ4n) is 3.00. The maximum absolute atomic E-state index is 14.0. The summed E-state index contributed by atoms with van der Waals surface area (Å²) in [6.45, 7) is 1.75. The number of nitrogens with one attached hydrogen (secondary N) is 1. The fraction of sp³-hybridized carbons (Fsp3) is 0.158. The number of hydrogen-bond donors (Lipinski definition) is 1. The van der Waals surface area contributed by atoms with Crippen LogP contribution in [0.1, 0.15) is 27.4 Å². The second-order valence-corrected chi connectivity index (χ2v) is 7.18. The Balaban J connectivity index is 1.48. The first-order valence-electron chi connectivity index (χ1n) is 9.21. The molecule has 32 heavy (non-hydrogen) atoms. The van der Waals surface area contributed by atoms with Gasteiger partial charge >= 0.3 is 5.82 Å². The van der Waals surface area contributed by atoms with Crippen molar-refractivity contribution in [2.75, 3.05) is 5.32 Å². The molecule has 4 aromatic rings. The van der Waals surface area contributed by atoms with Gasteiger partial charge in [0.25, 0.3) is 5.91 Å². The van der Waals surface area contributed by atoms with Gasteiger partial charge in [0.05, 0.1) is 47.9 Å². The summed E-state index contributed by atoms with van der Waals surface area (Å²) in [5.41, 5.74) is 1.05. The van der Waals surface area contributed by atoms with E-state index in [9.17, 15) is 19.3 Å². The zero-order valence-corrected chi connectivity index (χ0v) is 17.3. The van der Waals surface area contributed by atoms with Gasteiger partial charge in [0, 0.05) is 16.8 Å². The second kappa shape index (κ2) is 8.59. The first kappa shape index (κ1) is 21.2. The summed E-state index contributed by atoms with van der Waals surface area (Å²) in [7, 11) is 0. The van der Waals surface area contributed by atoms with E-state index in [0.29, 0.717) is 17.0 Å². The Kier molecular flexibility index (Phi) is 5.69. The Bertz CT molecular complexity index is 1290. The van der Waals surface area contributed by atoms with Crippen LogP contribution in [0.15, 0.2) is 47.4 Å². The molecule has 0 aliphatic carbocycles. The Hall–Kier alpha value is -4.06. The van der Waals surface area contributed by atoms with Crippen molar-refractivity contribution in [1.82, 2.24) is 24.7 Å². The molecule has 0 aliphatic rings. The van der Waals surface area contributed by atoms with Crippen LogP contribution in [0.4, 0.5) is 15.9 Å². The molecule has 4 rings (SSSR count). The summed E-state index contributed by atoms with van der Waals surface area (Å²) in [6, 6.07) is 5.64. The third-order valence-corrected chi connectivity index (χ3v) is 4.96. The van der Waals surface area contributed by atoms with Gasteiger partial charge in [-0.15, -0.1) is 0 Å². The summed E-state index contributed by atoms with van der Waals surface area (Å²) in [4.78, 5) is 22.9. The van der Waals surface area contributed by atoms with Crippen molar-refractivity contribution in [3.63, 3.8) is 0 Å². The van der Waals surface area contributed by atoms with E-state index < -0.39 is 16.6 Å². The van der Waals surface area contributed by atoms with Crippen molar-refractivity contribution in [3.8, 4) is 0 Å². The molecule has 1 aromatic carbocycles. The number of amides is 1. The molecule has 0 aliphatic heterocycles. The van der Waals surface area contributed by atoms with E-state index in [4.69, 9.17) is 16.1 Å². The van der Waals surface area contributed by atoms with Gasteiger partial charge in [-0.05, 0) is 24.0 Å². The lowest BCUT2D eigenvalue weighted by molar-refractivity contribution is -0.389. The lowest BCUT2D eigenvalue weighted by Gasteiger charge is -2.06. The first-order valence-corrected chi connectivity index (χ1v) is 9.59. The topological polar surface area (TPSA) is 134 Å². The predicted molar refractivity (Wildman–Crippen MR) is 110 cm³/mol. The summed E-state index contributed by atoms with van der Waals surface area (Å²) in [6.07, 6.45) is 4.34. The number of rotatable bonds is 7. The van der Waals surface area contributed by atoms with E-state index in [1.54, 1.807) is 13.0 Å². The van der Waals surface area contributed by atoms with Crippen LogP contribution in [-0.4, -0.2) is 35.5 Å². The monoisotopic (exact) mass is 459 g/mol. The summed E-state index contributed by atoms with van der Waals surface area (Å²) in [5, 5.41) is 25.5. The maximum Gasteiger partial charge on any atom is 0.389 e. The van der Waals surface area contributed by atoms with Gasteiger partial charge in [-0.2, -0.15) is 9.78 Å².